The third-order valence-electron chi connectivity index (χ3n) is 9.23. The highest BCUT2D eigenvalue weighted by Gasteiger charge is 2.44. The number of benzene rings is 5. The summed E-state index contributed by atoms with van der Waals surface area (Å²) in [5.74, 6) is 0. The molecule has 7 aromatic rings. The Morgan fingerprint density at radius 2 is 1.29 bits per heavy atom. The summed E-state index contributed by atoms with van der Waals surface area (Å²) in [6.07, 6.45) is 9.29. The molecule has 1 aliphatic heterocycles. The van der Waals surface area contributed by atoms with Crippen LogP contribution >= 0.6 is 11.8 Å². The Balaban J connectivity index is 1.24. The van der Waals surface area contributed by atoms with E-state index in [1.54, 1.807) is 4.57 Å². The van der Waals surface area contributed by atoms with Gasteiger partial charge in [0.25, 0.3) is 0 Å². The number of hydrogen-bond donors (Lipinski definition) is 0. The summed E-state index contributed by atoms with van der Waals surface area (Å²) in [6, 6.07) is 39.1. The van der Waals surface area contributed by atoms with Gasteiger partial charge in [0.2, 0.25) is 0 Å². The SMILES string of the molecule is CC1(n2c3ccccc3c3cc(-c4ccc5c(c4)c4ccccc4n5C#N)ccc32)C=CC=C2c3ccccc3SC21. The summed E-state index contributed by atoms with van der Waals surface area (Å²) in [5, 5.41) is 14.9. The molecule has 0 saturated heterocycles. The number of aromatic nitrogens is 2. The third-order valence-corrected chi connectivity index (χ3v) is 10.8. The molecule has 5 aromatic carbocycles. The molecular formula is C38H25N3S. The Labute approximate surface area is 247 Å². The van der Waals surface area contributed by atoms with Crippen LogP contribution < -0.4 is 0 Å². The molecule has 2 unspecified atom stereocenters. The van der Waals surface area contributed by atoms with E-state index in [-0.39, 0.29) is 5.54 Å². The fourth-order valence-electron chi connectivity index (χ4n) is 7.31. The molecule has 3 nitrogen and oxygen atoms in total. The van der Waals surface area contributed by atoms with E-state index in [4.69, 9.17) is 0 Å². The largest absolute Gasteiger partial charge is 0.329 e. The van der Waals surface area contributed by atoms with Gasteiger partial charge in [-0.3, -0.25) is 0 Å². The van der Waals surface area contributed by atoms with Crippen LogP contribution in [0.25, 0.3) is 60.3 Å². The minimum absolute atomic E-state index is 0.241. The van der Waals surface area contributed by atoms with Crippen LogP contribution in [0.4, 0.5) is 0 Å². The summed E-state index contributed by atoms with van der Waals surface area (Å²) in [6.45, 7) is 2.39. The van der Waals surface area contributed by atoms with Crippen molar-refractivity contribution in [3.8, 4) is 17.3 Å². The molecule has 3 heterocycles. The van der Waals surface area contributed by atoms with Crippen LogP contribution in [-0.4, -0.2) is 14.4 Å². The van der Waals surface area contributed by atoms with Crippen molar-refractivity contribution in [3.63, 3.8) is 0 Å². The molecule has 0 amide bonds. The van der Waals surface area contributed by atoms with E-state index in [2.05, 4.69) is 127 Å². The van der Waals surface area contributed by atoms with Gasteiger partial charge < -0.3 is 4.57 Å². The van der Waals surface area contributed by atoms with E-state index in [0.29, 0.717) is 5.25 Å². The monoisotopic (exact) mass is 555 g/mol. The smallest absolute Gasteiger partial charge is 0.189 e. The van der Waals surface area contributed by atoms with Gasteiger partial charge in [-0.05, 0) is 71.7 Å². The number of nitriles is 1. The first-order valence-electron chi connectivity index (χ1n) is 14.3. The zero-order chi connectivity index (χ0) is 28.0. The molecule has 0 fully saturated rings. The van der Waals surface area contributed by atoms with Gasteiger partial charge in [0, 0.05) is 37.5 Å². The molecule has 2 aliphatic rings. The molecule has 0 bridgehead atoms. The molecule has 0 N–H and O–H groups in total. The standard InChI is InChI=1S/C38H25N3S/c1-38(20-8-12-29-28-11-4-7-15-36(28)42-37(29)38)41-34-14-6-3-10-27(34)31-22-25(17-19-35(31)41)24-16-18-33-30(21-24)26-9-2-5-13-32(26)40(33)23-39/h2-22,37H,1H3. The van der Waals surface area contributed by atoms with Crippen molar-refractivity contribution in [2.45, 2.75) is 22.6 Å². The molecule has 2 aromatic heterocycles. The van der Waals surface area contributed by atoms with Crippen LogP contribution in [0.2, 0.25) is 0 Å². The van der Waals surface area contributed by atoms with Crippen LogP contribution in [0.3, 0.4) is 0 Å². The summed E-state index contributed by atoms with van der Waals surface area (Å²) in [4.78, 5) is 1.36. The molecule has 0 radical (unpaired) electrons. The number of rotatable bonds is 2. The summed E-state index contributed by atoms with van der Waals surface area (Å²) in [7, 11) is 0. The average molecular weight is 556 g/mol. The molecule has 0 saturated carbocycles. The van der Waals surface area contributed by atoms with Crippen molar-refractivity contribution in [2.75, 3.05) is 0 Å². The average Bonchev–Trinajstić information content (AvgIpc) is 3.69. The second kappa shape index (κ2) is 8.52. The second-order valence-electron chi connectivity index (χ2n) is 11.5. The van der Waals surface area contributed by atoms with Crippen molar-refractivity contribution in [1.82, 2.24) is 9.13 Å². The minimum Gasteiger partial charge on any atom is -0.329 e. The fraction of sp³-hybridized carbons (Fsp3) is 0.0789. The molecule has 42 heavy (non-hydrogen) atoms. The van der Waals surface area contributed by atoms with Gasteiger partial charge in [0.1, 0.15) is 0 Å². The first-order valence-corrected chi connectivity index (χ1v) is 15.2. The van der Waals surface area contributed by atoms with Crippen LogP contribution in [0, 0.1) is 11.5 Å². The van der Waals surface area contributed by atoms with E-state index >= 15 is 0 Å². The maximum Gasteiger partial charge on any atom is 0.189 e. The minimum atomic E-state index is -0.241. The Morgan fingerprint density at radius 1 is 0.690 bits per heavy atom. The van der Waals surface area contributed by atoms with Crippen LogP contribution in [0.15, 0.2) is 132 Å². The van der Waals surface area contributed by atoms with Crippen LogP contribution in [-0.2, 0) is 5.54 Å². The lowest BCUT2D eigenvalue weighted by atomic mass is 9.84. The van der Waals surface area contributed by atoms with Crippen LogP contribution in [0.5, 0.6) is 0 Å². The summed E-state index contributed by atoms with van der Waals surface area (Å²) >= 11 is 1.98. The molecule has 4 heteroatoms. The number of hydrogen-bond acceptors (Lipinski definition) is 2. The van der Waals surface area contributed by atoms with Crippen molar-refractivity contribution in [3.05, 3.63) is 133 Å². The zero-order valence-electron chi connectivity index (χ0n) is 23.0. The highest BCUT2D eigenvalue weighted by molar-refractivity contribution is 8.01. The fourth-order valence-corrected chi connectivity index (χ4v) is 8.79. The lowest BCUT2D eigenvalue weighted by Gasteiger charge is -2.38. The van der Waals surface area contributed by atoms with Gasteiger partial charge in [0.15, 0.2) is 6.19 Å². The molecule has 2 atom stereocenters. The zero-order valence-corrected chi connectivity index (χ0v) is 23.8. The highest BCUT2D eigenvalue weighted by Crippen LogP contribution is 2.54. The van der Waals surface area contributed by atoms with E-state index in [0.717, 1.165) is 27.4 Å². The molecule has 9 rings (SSSR count). The van der Waals surface area contributed by atoms with Crippen molar-refractivity contribution >= 4 is 60.9 Å². The van der Waals surface area contributed by atoms with Gasteiger partial charge in [0.05, 0.1) is 21.8 Å². The lowest BCUT2D eigenvalue weighted by Crippen LogP contribution is -2.39. The highest BCUT2D eigenvalue weighted by atomic mass is 32.2. The Morgan fingerprint density at radius 3 is 2.07 bits per heavy atom. The predicted octanol–water partition coefficient (Wildman–Crippen LogP) is 9.74. The van der Waals surface area contributed by atoms with E-state index < -0.39 is 0 Å². The Hall–Kier alpha value is -4.98. The Kier molecular flexibility index (Phi) is 4.81. The second-order valence-corrected chi connectivity index (χ2v) is 12.6. The van der Waals surface area contributed by atoms with E-state index in [9.17, 15) is 5.26 Å². The molecule has 0 spiro atoms. The number of thioether (sulfide) groups is 1. The van der Waals surface area contributed by atoms with Gasteiger partial charge in [-0.15, -0.1) is 11.8 Å². The van der Waals surface area contributed by atoms with Gasteiger partial charge in [-0.25, -0.2) is 4.57 Å². The summed E-state index contributed by atoms with van der Waals surface area (Å²) < 4.78 is 4.30. The van der Waals surface area contributed by atoms with E-state index in [1.165, 1.54) is 43.4 Å². The number of fused-ring (bicyclic) bond motifs is 9. The molecular weight excluding hydrogens is 531 g/mol. The summed E-state index contributed by atoms with van der Waals surface area (Å²) in [5.41, 5.74) is 9.23. The maximum absolute atomic E-state index is 9.87. The Bertz CT molecular complexity index is 2380. The van der Waals surface area contributed by atoms with Gasteiger partial charge in [-0.2, -0.15) is 5.26 Å². The number of nitrogens with zero attached hydrogens (tertiary/aromatic N) is 3. The van der Waals surface area contributed by atoms with Crippen LogP contribution in [0.1, 0.15) is 12.5 Å². The van der Waals surface area contributed by atoms with Crippen molar-refractivity contribution < 1.29 is 0 Å². The predicted molar refractivity (Wildman–Crippen MR) is 176 cm³/mol. The first kappa shape index (κ1) is 23.7. The quantitative estimate of drug-likeness (QED) is 0.213. The number of allylic oxidation sites excluding steroid dienone is 3. The molecule has 198 valence electrons. The van der Waals surface area contributed by atoms with Gasteiger partial charge in [-0.1, -0.05) is 85.0 Å². The maximum atomic E-state index is 9.87. The molecule has 1 aliphatic carbocycles. The van der Waals surface area contributed by atoms with Crippen molar-refractivity contribution in [1.29, 1.82) is 5.26 Å². The third kappa shape index (κ3) is 3.06. The lowest BCUT2D eigenvalue weighted by molar-refractivity contribution is 0.456. The van der Waals surface area contributed by atoms with Crippen molar-refractivity contribution in [2.24, 2.45) is 0 Å². The van der Waals surface area contributed by atoms with Gasteiger partial charge >= 0.3 is 0 Å². The topological polar surface area (TPSA) is 33.6 Å². The normalized spacial score (nSPS) is 19.3. The van der Waals surface area contributed by atoms with E-state index in [1.807, 2.05) is 30.0 Å². The first-order chi connectivity index (χ1) is 20.7. The number of para-hydroxylation sites is 2.